The number of hydrogen-bond acceptors (Lipinski definition) is 3. The van der Waals surface area contributed by atoms with Gasteiger partial charge in [0.2, 0.25) is 0 Å². The zero-order valence-electron chi connectivity index (χ0n) is 11.8. The average Bonchev–Trinajstić information content (AvgIpc) is 2.39. The number of benzene rings is 1. The number of ketones is 1. The predicted molar refractivity (Wildman–Crippen MR) is 80.3 cm³/mol. The largest absolute Gasteiger partial charge is 0.395 e. The molecule has 0 amide bonds. The summed E-state index contributed by atoms with van der Waals surface area (Å²) in [6.07, 6.45) is 1.97. The summed E-state index contributed by atoms with van der Waals surface area (Å²) in [6.45, 7) is 6.40. The monoisotopic (exact) mass is 283 g/mol. The van der Waals surface area contributed by atoms with Gasteiger partial charge in [-0.25, -0.2) is 0 Å². The zero-order valence-corrected chi connectivity index (χ0v) is 12.6. The molecule has 0 aliphatic rings. The van der Waals surface area contributed by atoms with Gasteiger partial charge in [0.25, 0.3) is 0 Å². The van der Waals surface area contributed by atoms with Gasteiger partial charge >= 0.3 is 0 Å². The van der Waals surface area contributed by atoms with E-state index in [2.05, 4.69) is 18.7 Å². The minimum Gasteiger partial charge on any atom is -0.395 e. The van der Waals surface area contributed by atoms with Crippen LogP contribution in [0, 0.1) is 0 Å². The molecule has 0 atom stereocenters. The van der Waals surface area contributed by atoms with Crippen molar-refractivity contribution in [3.8, 4) is 0 Å². The first-order valence-corrected chi connectivity index (χ1v) is 7.10. The van der Waals surface area contributed by atoms with E-state index < -0.39 is 0 Å². The van der Waals surface area contributed by atoms with Crippen LogP contribution in [-0.2, 0) is 0 Å². The van der Waals surface area contributed by atoms with E-state index in [1.807, 2.05) is 6.07 Å². The van der Waals surface area contributed by atoms with Crippen LogP contribution in [0.15, 0.2) is 18.2 Å². The summed E-state index contributed by atoms with van der Waals surface area (Å²) in [5.74, 6) is 0.00434. The first kappa shape index (κ1) is 16.0. The van der Waals surface area contributed by atoms with Crippen molar-refractivity contribution in [1.29, 1.82) is 0 Å². The third-order valence-electron chi connectivity index (χ3n) is 3.39. The summed E-state index contributed by atoms with van der Waals surface area (Å²) in [5, 5.41) is 9.80. The second kappa shape index (κ2) is 7.51. The van der Waals surface area contributed by atoms with Gasteiger partial charge in [-0.15, -0.1) is 0 Å². The standard InChI is InChI=1S/C15H22ClNO2/c1-4-13(5-2)17(8-9-18)15-7-6-12(11(3)19)10-14(15)16/h6-7,10,13,18H,4-5,8-9H2,1-3H3. The number of rotatable bonds is 7. The summed E-state index contributed by atoms with van der Waals surface area (Å²) >= 11 is 6.29. The van der Waals surface area contributed by atoms with Gasteiger partial charge in [0.05, 0.1) is 17.3 Å². The van der Waals surface area contributed by atoms with Crippen LogP contribution in [0.5, 0.6) is 0 Å². The molecule has 0 unspecified atom stereocenters. The van der Waals surface area contributed by atoms with Crippen molar-refractivity contribution in [1.82, 2.24) is 0 Å². The maximum absolute atomic E-state index is 11.3. The third kappa shape index (κ3) is 3.95. The quantitative estimate of drug-likeness (QED) is 0.778. The SMILES string of the molecule is CCC(CC)N(CCO)c1ccc(C(C)=O)cc1Cl. The fourth-order valence-corrected chi connectivity index (χ4v) is 2.58. The summed E-state index contributed by atoms with van der Waals surface area (Å²) in [5.41, 5.74) is 1.50. The molecule has 0 spiro atoms. The molecular formula is C15H22ClNO2. The number of hydrogen-bond donors (Lipinski definition) is 1. The molecule has 0 aliphatic heterocycles. The Hall–Kier alpha value is -1.06. The van der Waals surface area contributed by atoms with Crippen molar-refractivity contribution in [3.63, 3.8) is 0 Å². The molecule has 19 heavy (non-hydrogen) atoms. The van der Waals surface area contributed by atoms with Gasteiger partial charge in [-0.05, 0) is 38.0 Å². The predicted octanol–water partition coefficient (Wildman–Crippen LogP) is 3.53. The summed E-state index contributed by atoms with van der Waals surface area (Å²) in [7, 11) is 0. The van der Waals surface area contributed by atoms with Gasteiger partial charge < -0.3 is 10.0 Å². The van der Waals surface area contributed by atoms with Crippen LogP contribution < -0.4 is 4.90 Å². The number of Topliss-reactive ketones (excluding diaryl/α,β-unsaturated/α-hetero) is 1. The van der Waals surface area contributed by atoms with Crippen LogP contribution in [0.1, 0.15) is 44.0 Å². The van der Waals surface area contributed by atoms with Crippen LogP contribution >= 0.6 is 11.6 Å². The Labute approximate surface area is 120 Å². The van der Waals surface area contributed by atoms with E-state index in [4.69, 9.17) is 11.6 Å². The molecule has 0 aromatic heterocycles. The van der Waals surface area contributed by atoms with Gasteiger partial charge in [0.15, 0.2) is 5.78 Å². The number of carbonyl (C=O) groups excluding carboxylic acids is 1. The number of aliphatic hydroxyl groups is 1. The average molecular weight is 284 g/mol. The van der Waals surface area contributed by atoms with Crippen molar-refractivity contribution < 1.29 is 9.90 Å². The zero-order chi connectivity index (χ0) is 14.4. The smallest absolute Gasteiger partial charge is 0.159 e. The van der Waals surface area contributed by atoms with Crippen molar-refractivity contribution in [3.05, 3.63) is 28.8 Å². The molecule has 1 aromatic carbocycles. The van der Waals surface area contributed by atoms with E-state index in [0.29, 0.717) is 23.2 Å². The van der Waals surface area contributed by atoms with Crippen LogP contribution in [0.25, 0.3) is 0 Å². The van der Waals surface area contributed by atoms with Gasteiger partial charge in [0, 0.05) is 18.2 Å². The molecular weight excluding hydrogens is 262 g/mol. The molecule has 106 valence electrons. The second-order valence-electron chi connectivity index (χ2n) is 4.61. The van der Waals surface area contributed by atoms with Gasteiger partial charge in [0.1, 0.15) is 0 Å². The van der Waals surface area contributed by atoms with Crippen LogP contribution in [0.2, 0.25) is 5.02 Å². The molecule has 1 rings (SSSR count). The fourth-order valence-electron chi connectivity index (χ4n) is 2.30. The molecule has 0 heterocycles. The van der Waals surface area contributed by atoms with E-state index in [0.717, 1.165) is 18.5 Å². The molecule has 0 radical (unpaired) electrons. The highest BCUT2D eigenvalue weighted by Gasteiger charge is 2.18. The minimum absolute atomic E-state index is 0.00434. The molecule has 0 aliphatic carbocycles. The Morgan fingerprint density at radius 1 is 1.37 bits per heavy atom. The van der Waals surface area contributed by atoms with E-state index >= 15 is 0 Å². The lowest BCUT2D eigenvalue weighted by Gasteiger charge is -2.33. The van der Waals surface area contributed by atoms with E-state index in [1.54, 1.807) is 12.1 Å². The number of halogens is 1. The lowest BCUT2D eigenvalue weighted by molar-refractivity contribution is 0.101. The fraction of sp³-hybridized carbons (Fsp3) is 0.533. The highest BCUT2D eigenvalue weighted by atomic mass is 35.5. The third-order valence-corrected chi connectivity index (χ3v) is 3.69. The molecule has 0 saturated heterocycles. The van der Waals surface area contributed by atoms with Gasteiger partial charge in [-0.1, -0.05) is 25.4 Å². The first-order valence-electron chi connectivity index (χ1n) is 6.73. The maximum Gasteiger partial charge on any atom is 0.159 e. The van der Waals surface area contributed by atoms with Crippen molar-refractivity contribution in [2.45, 2.75) is 39.7 Å². The topological polar surface area (TPSA) is 40.5 Å². The molecule has 0 saturated carbocycles. The molecule has 1 N–H and O–H groups in total. The van der Waals surface area contributed by atoms with Crippen molar-refractivity contribution in [2.24, 2.45) is 0 Å². The lowest BCUT2D eigenvalue weighted by Crippen LogP contribution is -2.37. The highest BCUT2D eigenvalue weighted by Crippen LogP contribution is 2.30. The van der Waals surface area contributed by atoms with Crippen molar-refractivity contribution in [2.75, 3.05) is 18.1 Å². The Balaban J connectivity index is 3.12. The molecule has 1 aromatic rings. The van der Waals surface area contributed by atoms with Gasteiger partial charge in [-0.3, -0.25) is 4.79 Å². The first-order chi connectivity index (χ1) is 9.04. The number of aliphatic hydroxyl groups excluding tert-OH is 1. The number of anilines is 1. The Kier molecular flexibility index (Phi) is 6.32. The number of carbonyl (C=O) groups is 1. The van der Waals surface area contributed by atoms with E-state index in [9.17, 15) is 9.90 Å². The highest BCUT2D eigenvalue weighted by molar-refractivity contribution is 6.33. The lowest BCUT2D eigenvalue weighted by atomic mass is 10.1. The Bertz CT molecular complexity index is 430. The molecule has 3 nitrogen and oxygen atoms in total. The maximum atomic E-state index is 11.3. The Morgan fingerprint density at radius 3 is 2.42 bits per heavy atom. The Morgan fingerprint density at radius 2 is 2.00 bits per heavy atom. The molecule has 4 heteroatoms. The summed E-state index contributed by atoms with van der Waals surface area (Å²) < 4.78 is 0. The van der Waals surface area contributed by atoms with Crippen LogP contribution in [0.4, 0.5) is 5.69 Å². The second-order valence-corrected chi connectivity index (χ2v) is 5.02. The summed E-state index contributed by atoms with van der Waals surface area (Å²) in [6, 6.07) is 5.70. The van der Waals surface area contributed by atoms with Gasteiger partial charge in [-0.2, -0.15) is 0 Å². The number of nitrogens with zero attached hydrogens (tertiary/aromatic N) is 1. The van der Waals surface area contributed by atoms with E-state index in [1.165, 1.54) is 6.92 Å². The van der Waals surface area contributed by atoms with Crippen LogP contribution in [-0.4, -0.2) is 30.1 Å². The van der Waals surface area contributed by atoms with Crippen LogP contribution in [0.3, 0.4) is 0 Å². The molecule has 0 bridgehead atoms. The van der Waals surface area contributed by atoms with E-state index in [-0.39, 0.29) is 12.4 Å². The summed E-state index contributed by atoms with van der Waals surface area (Å²) in [4.78, 5) is 13.5. The normalized spacial score (nSPS) is 10.8. The molecule has 0 fully saturated rings. The van der Waals surface area contributed by atoms with Crippen molar-refractivity contribution >= 4 is 23.1 Å². The minimum atomic E-state index is 0.00434.